The number of phenolic OH excluding ortho intramolecular Hbond substituents is 1. The predicted molar refractivity (Wildman–Crippen MR) is 247 cm³/mol. The molecule has 62 heavy (non-hydrogen) atoms. The minimum Gasteiger partial charge on any atom is -0.507 e. The Morgan fingerprint density at radius 1 is 0.548 bits per heavy atom. The van der Waals surface area contributed by atoms with Crippen LogP contribution in [0.15, 0.2) is 187 Å². The molecule has 0 atom stereocenters. The Bertz CT molecular complexity index is 3450. The summed E-state index contributed by atoms with van der Waals surface area (Å²) in [5.74, 6) is 0.627. The Hall–Kier alpha value is -7.40. The summed E-state index contributed by atoms with van der Waals surface area (Å²) in [6.07, 6.45) is 1.85. The van der Waals surface area contributed by atoms with Crippen LogP contribution in [-0.4, -0.2) is 24.6 Å². The second-order valence-electron chi connectivity index (χ2n) is 15.4. The number of benzene rings is 7. The number of aryl methyl sites for hydroxylation is 2. The molecule has 0 radical (unpaired) electrons. The molecule has 7 aromatic carbocycles. The van der Waals surface area contributed by atoms with E-state index in [1.807, 2.05) is 86.8 Å². The molecule has 0 spiro atoms. The Labute approximate surface area is 373 Å². The number of para-hydroxylation sites is 2. The SMILES string of the molecule is Cc1cc(-c2ccc3c(c2)oc2c(-c4nc5c(-c6[c-]c(-c7cc(-c8ccccc8)ccn7)ccc6)cccc5n4-c4ccccc4-c4ccccc4)c(O)ccc23)cc(C)n1.[Pt]. The van der Waals surface area contributed by atoms with Gasteiger partial charge in [0.25, 0.3) is 0 Å². The van der Waals surface area contributed by atoms with Crippen molar-refractivity contribution >= 4 is 33.0 Å². The number of hydrogen-bond donors (Lipinski definition) is 1. The number of furan rings is 1. The third-order valence-electron chi connectivity index (χ3n) is 11.4. The smallest absolute Gasteiger partial charge is 0.152 e. The van der Waals surface area contributed by atoms with Crippen LogP contribution < -0.4 is 0 Å². The molecule has 4 heterocycles. The van der Waals surface area contributed by atoms with E-state index in [4.69, 9.17) is 14.4 Å². The van der Waals surface area contributed by atoms with Gasteiger partial charge in [-0.3, -0.25) is 14.5 Å². The van der Waals surface area contributed by atoms with Gasteiger partial charge < -0.3 is 9.52 Å². The van der Waals surface area contributed by atoms with Gasteiger partial charge in [0.15, 0.2) is 5.82 Å². The number of aromatic nitrogens is 4. The van der Waals surface area contributed by atoms with Gasteiger partial charge in [-0.25, -0.2) is 4.98 Å². The molecule has 0 aliphatic rings. The maximum atomic E-state index is 12.0. The maximum Gasteiger partial charge on any atom is 0.152 e. The number of fused-ring (bicyclic) bond motifs is 4. The minimum atomic E-state index is 0. The van der Waals surface area contributed by atoms with E-state index in [2.05, 4.69) is 119 Å². The van der Waals surface area contributed by atoms with Crippen LogP contribution in [0, 0.1) is 19.9 Å². The first-order chi connectivity index (χ1) is 30.0. The van der Waals surface area contributed by atoms with E-state index >= 15 is 0 Å². The van der Waals surface area contributed by atoms with Crippen LogP contribution in [0.2, 0.25) is 0 Å². The first-order valence-electron chi connectivity index (χ1n) is 20.3. The molecule has 0 aliphatic carbocycles. The molecule has 6 nitrogen and oxygen atoms in total. The van der Waals surface area contributed by atoms with Crippen LogP contribution in [-0.2, 0) is 21.1 Å². The molecule has 11 rings (SSSR count). The van der Waals surface area contributed by atoms with E-state index in [9.17, 15) is 5.11 Å². The van der Waals surface area contributed by atoms with Crippen molar-refractivity contribution in [1.29, 1.82) is 0 Å². The summed E-state index contributed by atoms with van der Waals surface area (Å²) in [6, 6.07) is 63.4. The summed E-state index contributed by atoms with van der Waals surface area (Å²) in [7, 11) is 0. The van der Waals surface area contributed by atoms with Crippen molar-refractivity contribution in [1.82, 2.24) is 19.5 Å². The number of pyridine rings is 2. The number of phenols is 1. The van der Waals surface area contributed by atoms with Crippen molar-refractivity contribution in [2.75, 3.05) is 0 Å². The molecule has 0 saturated carbocycles. The monoisotopic (exact) mass is 980 g/mol. The van der Waals surface area contributed by atoms with Gasteiger partial charge in [-0.2, -0.15) is 0 Å². The molecule has 300 valence electrons. The first kappa shape index (κ1) is 38.8. The van der Waals surface area contributed by atoms with Crippen molar-refractivity contribution in [3.63, 3.8) is 0 Å². The van der Waals surface area contributed by atoms with Gasteiger partial charge in [-0.15, -0.1) is 29.8 Å². The molecule has 0 amide bonds. The molecule has 0 saturated heterocycles. The van der Waals surface area contributed by atoms with Crippen LogP contribution in [0.25, 0.3) is 106 Å². The van der Waals surface area contributed by atoms with E-state index < -0.39 is 0 Å². The third-order valence-corrected chi connectivity index (χ3v) is 11.4. The number of rotatable bonds is 7. The zero-order valence-corrected chi connectivity index (χ0v) is 36.1. The molecule has 0 fully saturated rings. The second kappa shape index (κ2) is 15.9. The molecule has 11 aromatic rings. The molecule has 0 unspecified atom stereocenters. The third kappa shape index (κ3) is 6.79. The number of nitrogens with zero attached hydrogens (tertiary/aromatic N) is 4. The van der Waals surface area contributed by atoms with Crippen molar-refractivity contribution in [3.05, 3.63) is 200 Å². The average molecular weight is 981 g/mol. The normalized spacial score (nSPS) is 11.3. The van der Waals surface area contributed by atoms with E-state index in [1.54, 1.807) is 6.07 Å². The van der Waals surface area contributed by atoms with Crippen LogP contribution in [0.5, 0.6) is 5.75 Å². The quantitative estimate of drug-likeness (QED) is 0.161. The molecule has 4 aromatic heterocycles. The summed E-state index contributed by atoms with van der Waals surface area (Å²) >= 11 is 0. The Morgan fingerprint density at radius 2 is 1.23 bits per heavy atom. The Morgan fingerprint density at radius 3 is 2.03 bits per heavy atom. The molecule has 1 N–H and O–H groups in total. The van der Waals surface area contributed by atoms with Crippen LogP contribution in [0.1, 0.15) is 11.4 Å². The van der Waals surface area contributed by atoms with Crippen molar-refractivity contribution in [3.8, 4) is 78.6 Å². The number of aromatic hydroxyl groups is 1. The van der Waals surface area contributed by atoms with Crippen molar-refractivity contribution in [2.24, 2.45) is 0 Å². The van der Waals surface area contributed by atoms with Gasteiger partial charge >= 0.3 is 0 Å². The molecule has 0 bridgehead atoms. The van der Waals surface area contributed by atoms with Gasteiger partial charge in [0.2, 0.25) is 0 Å². The van der Waals surface area contributed by atoms with E-state index in [0.717, 1.165) is 100 Å². The second-order valence-corrected chi connectivity index (χ2v) is 15.4. The minimum absolute atomic E-state index is 0. The maximum absolute atomic E-state index is 12.0. The largest absolute Gasteiger partial charge is 0.507 e. The van der Waals surface area contributed by atoms with Crippen molar-refractivity contribution < 1.29 is 30.6 Å². The molecule has 0 aliphatic heterocycles. The van der Waals surface area contributed by atoms with Gasteiger partial charge in [0.05, 0.1) is 16.7 Å². The van der Waals surface area contributed by atoms with Crippen LogP contribution >= 0.6 is 0 Å². The fourth-order valence-corrected chi connectivity index (χ4v) is 8.65. The van der Waals surface area contributed by atoms with Crippen molar-refractivity contribution in [2.45, 2.75) is 13.8 Å². The standard InChI is InChI=1S/C55H37N4O2.Pt/c1-34-29-42(30-35(2)57-34)38-23-24-45-46-25-26-50(60)52(54(46)61-51(45)33-38)55-58-53-44(20-12-22-49(53)59(55)48-21-10-9-19-43(48)37-15-7-4-8-16-37)40-17-11-18-41(31-40)47-32-39(27-28-56-47)36-13-5-3-6-14-36;/h3-30,32-33,60H,1-2H3;/q-1;. The average Bonchev–Trinajstić information content (AvgIpc) is 3.87. The number of imidazole rings is 1. The Kier molecular flexibility index (Phi) is 9.94. The van der Waals surface area contributed by atoms with Crippen LogP contribution in [0.3, 0.4) is 0 Å². The number of hydrogen-bond acceptors (Lipinski definition) is 5. The summed E-state index contributed by atoms with van der Waals surface area (Å²) in [4.78, 5) is 14.8. The molecule has 7 heteroatoms. The fourth-order valence-electron chi connectivity index (χ4n) is 8.65. The van der Waals surface area contributed by atoms with E-state index in [-0.39, 0.29) is 26.8 Å². The molecular weight excluding hydrogens is 944 g/mol. The van der Waals surface area contributed by atoms with Crippen LogP contribution in [0.4, 0.5) is 0 Å². The summed E-state index contributed by atoms with van der Waals surface area (Å²) in [5.41, 5.74) is 16.1. The Balaban J connectivity index is 0.00000458. The fraction of sp³-hybridized carbons (Fsp3) is 0.0364. The molecular formula is C55H37N4O2Pt-. The predicted octanol–water partition coefficient (Wildman–Crippen LogP) is 13.8. The topological polar surface area (TPSA) is 77.0 Å². The van der Waals surface area contributed by atoms with Gasteiger partial charge in [-0.1, -0.05) is 114 Å². The first-order valence-corrected chi connectivity index (χ1v) is 20.3. The van der Waals surface area contributed by atoms with E-state index in [1.165, 1.54) is 0 Å². The summed E-state index contributed by atoms with van der Waals surface area (Å²) in [6.45, 7) is 4.02. The van der Waals surface area contributed by atoms with Gasteiger partial charge in [0.1, 0.15) is 22.5 Å². The zero-order chi connectivity index (χ0) is 41.0. The zero-order valence-electron chi connectivity index (χ0n) is 33.8. The van der Waals surface area contributed by atoms with Gasteiger partial charge in [0, 0.05) is 60.7 Å². The summed E-state index contributed by atoms with van der Waals surface area (Å²) in [5, 5.41) is 13.8. The summed E-state index contributed by atoms with van der Waals surface area (Å²) < 4.78 is 8.98. The van der Waals surface area contributed by atoms with Gasteiger partial charge in [-0.05, 0) is 96.3 Å². The van der Waals surface area contributed by atoms with E-state index in [0.29, 0.717) is 17.0 Å².